The molecule has 2 heterocycles. The molecule has 3 rings (SSSR count). The van der Waals surface area contributed by atoms with Crippen LogP contribution >= 0.6 is 34.2 Å². The highest BCUT2D eigenvalue weighted by atomic mass is 127. The zero-order chi connectivity index (χ0) is 14.8. The number of halogens is 2. The number of likely N-dealkylation sites (tertiary alicyclic amines) is 1. The van der Waals surface area contributed by atoms with Crippen LogP contribution in [0.5, 0.6) is 0 Å². The van der Waals surface area contributed by atoms with Crippen LogP contribution in [0.25, 0.3) is 0 Å². The van der Waals surface area contributed by atoms with Gasteiger partial charge in [0.15, 0.2) is 0 Å². The SMILES string of the molecule is O=C(c1ccc(I)c(Cl)c1)N1CCCC1c1ccncc1. The minimum atomic E-state index is 0.0487. The van der Waals surface area contributed by atoms with Gasteiger partial charge in [0, 0.05) is 28.1 Å². The van der Waals surface area contributed by atoms with E-state index in [1.54, 1.807) is 18.5 Å². The molecule has 1 aliphatic rings. The Morgan fingerprint density at radius 1 is 1.29 bits per heavy atom. The number of carbonyl (C=O) groups is 1. The van der Waals surface area contributed by atoms with Crippen LogP contribution in [0.2, 0.25) is 5.02 Å². The Morgan fingerprint density at radius 3 is 2.76 bits per heavy atom. The van der Waals surface area contributed by atoms with Gasteiger partial charge in [-0.15, -0.1) is 0 Å². The van der Waals surface area contributed by atoms with Gasteiger partial charge in [-0.1, -0.05) is 11.6 Å². The van der Waals surface area contributed by atoms with E-state index in [0.29, 0.717) is 10.6 Å². The van der Waals surface area contributed by atoms with E-state index >= 15 is 0 Å². The van der Waals surface area contributed by atoms with Crippen molar-refractivity contribution in [3.8, 4) is 0 Å². The maximum atomic E-state index is 12.7. The van der Waals surface area contributed by atoms with Crippen LogP contribution in [0.15, 0.2) is 42.7 Å². The van der Waals surface area contributed by atoms with E-state index in [0.717, 1.165) is 28.5 Å². The molecule has 0 N–H and O–H groups in total. The van der Waals surface area contributed by atoms with Crippen LogP contribution in [-0.4, -0.2) is 22.3 Å². The lowest BCUT2D eigenvalue weighted by atomic mass is 10.1. The Balaban J connectivity index is 1.88. The van der Waals surface area contributed by atoms with Crippen LogP contribution in [-0.2, 0) is 0 Å². The molecular formula is C16H14ClIN2O. The van der Waals surface area contributed by atoms with E-state index in [4.69, 9.17) is 11.6 Å². The fourth-order valence-electron chi connectivity index (χ4n) is 2.74. The van der Waals surface area contributed by atoms with Crippen molar-refractivity contribution in [2.75, 3.05) is 6.54 Å². The first-order valence-corrected chi connectivity index (χ1v) is 8.28. The highest BCUT2D eigenvalue weighted by Crippen LogP contribution is 2.33. The standard InChI is InChI=1S/C16H14ClIN2O/c17-13-10-12(3-4-14(13)18)16(21)20-9-1-2-15(20)11-5-7-19-8-6-11/h3-8,10,15H,1-2,9H2. The molecule has 2 aromatic rings. The summed E-state index contributed by atoms with van der Waals surface area (Å²) in [6.45, 7) is 0.787. The molecule has 1 atom stereocenters. The van der Waals surface area contributed by atoms with Crippen LogP contribution in [0, 0.1) is 3.57 Å². The number of carbonyl (C=O) groups excluding carboxylic acids is 1. The first-order valence-electron chi connectivity index (χ1n) is 6.83. The molecule has 0 aliphatic carbocycles. The van der Waals surface area contributed by atoms with E-state index in [1.165, 1.54) is 0 Å². The van der Waals surface area contributed by atoms with E-state index in [1.807, 2.05) is 29.2 Å². The summed E-state index contributed by atoms with van der Waals surface area (Å²) in [6.07, 6.45) is 5.57. The molecule has 21 heavy (non-hydrogen) atoms. The van der Waals surface area contributed by atoms with Crippen molar-refractivity contribution >= 4 is 40.1 Å². The van der Waals surface area contributed by atoms with Crippen molar-refractivity contribution in [1.82, 2.24) is 9.88 Å². The summed E-state index contributed by atoms with van der Waals surface area (Å²) in [5.41, 5.74) is 1.80. The van der Waals surface area contributed by atoms with Gasteiger partial charge in [0.1, 0.15) is 0 Å². The Labute approximate surface area is 142 Å². The summed E-state index contributed by atoms with van der Waals surface area (Å²) in [5, 5.41) is 0.626. The molecule has 0 saturated carbocycles. The fourth-order valence-corrected chi connectivity index (χ4v) is 3.25. The average molecular weight is 413 g/mol. The summed E-state index contributed by atoms with van der Waals surface area (Å²) in [7, 11) is 0. The first-order chi connectivity index (χ1) is 10.2. The second-order valence-corrected chi connectivity index (χ2v) is 6.64. The zero-order valence-corrected chi connectivity index (χ0v) is 14.2. The van der Waals surface area contributed by atoms with E-state index < -0.39 is 0 Å². The maximum absolute atomic E-state index is 12.7. The van der Waals surface area contributed by atoms with Gasteiger partial charge in [-0.3, -0.25) is 9.78 Å². The molecule has 1 fully saturated rings. The third kappa shape index (κ3) is 3.06. The predicted octanol–water partition coefficient (Wildman–Crippen LogP) is 4.32. The molecule has 0 bridgehead atoms. The van der Waals surface area contributed by atoms with Crippen molar-refractivity contribution in [1.29, 1.82) is 0 Å². The second-order valence-electron chi connectivity index (χ2n) is 5.07. The van der Waals surface area contributed by atoms with Gasteiger partial charge in [0.05, 0.1) is 11.1 Å². The number of benzene rings is 1. The fraction of sp³-hybridized carbons (Fsp3) is 0.250. The minimum absolute atomic E-state index is 0.0487. The number of hydrogen-bond acceptors (Lipinski definition) is 2. The monoisotopic (exact) mass is 412 g/mol. The molecule has 3 nitrogen and oxygen atoms in total. The molecule has 1 amide bonds. The number of pyridine rings is 1. The Kier molecular flexibility index (Phi) is 4.45. The number of aromatic nitrogens is 1. The number of amides is 1. The summed E-state index contributed by atoms with van der Waals surface area (Å²) in [5.74, 6) is 0.0487. The Hall–Kier alpha value is -1.14. The largest absolute Gasteiger partial charge is 0.332 e. The van der Waals surface area contributed by atoms with Gasteiger partial charge in [-0.05, 0) is 71.3 Å². The molecule has 1 saturated heterocycles. The van der Waals surface area contributed by atoms with E-state index in [-0.39, 0.29) is 11.9 Å². The minimum Gasteiger partial charge on any atom is -0.332 e. The normalized spacial score (nSPS) is 18.0. The van der Waals surface area contributed by atoms with E-state index in [2.05, 4.69) is 27.6 Å². The summed E-state index contributed by atoms with van der Waals surface area (Å²) in [6, 6.07) is 9.59. The van der Waals surface area contributed by atoms with Crippen molar-refractivity contribution in [2.24, 2.45) is 0 Å². The maximum Gasteiger partial charge on any atom is 0.254 e. The lowest BCUT2D eigenvalue weighted by molar-refractivity contribution is 0.0735. The predicted molar refractivity (Wildman–Crippen MR) is 91.4 cm³/mol. The van der Waals surface area contributed by atoms with Gasteiger partial charge >= 0.3 is 0 Å². The van der Waals surface area contributed by atoms with Gasteiger partial charge in [-0.2, -0.15) is 0 Å². The van der Waals surface area contributed by atoms with Gasteiger partial charge < -0.3 is 4.90 Å². The molecule has 1 aliphatic heterocycles. The second kappa shape index (κ2) is 6.32. The lowest BCUT2D eigenvalue weighted by Crippen LogP contribution is -2.30. The molecule has 1 aromatic carbocycles. The van der Waals surface area contributed by atoms with Crippen LogP contribution < -0.4 is 0 Å². The van der Waals surface area contributed by atoms with Gasteiger partial charge in [0.25, 0.3) is 5.91 Å². The first kappa shape index (κ1) is 14.8. The summed E-state index contributed by atoms with van der Waals surface area (Å²) >= 11 is 8.29. The molecule has 108 valence electrons. The highest BCUT2D eigenvalue weighted by molar-refractivity contribution is 14.1. The Morgan fingerprint density at radius 2 is 2.05 bits per heavy atom. The topological polar surface area (TPSA) is 33.2 Å². The molecule has 0 spiro atoms. The number of hydrogen-bond donors (Lipinski definition) is 0. The smallest absolute Gasteiger partial charge is 0.254 e. The van der Waals surface area contributed by atoms with Crippen LogP contribution in [0.1, 0.15) is 34.8 Å². The lowest BCUT2D eigenvalue weighted by Gasteiger charge is -2.25. The van der Waals surface area contributed by atoms with Crippen LogP contribution in [0.4, 0.5) is 0 Å². The average Bonchev–Trinajstić information content (AvgIpc) is 2.99. The van der Waals surface area contributed by atoms with Crippen LogP contribution in [0.3, 0.4) is 0 Å². The van der Waals surface area contributed by atoms with Crippen molar-refractivity contribution < 1.29 is 4.79 Å². The third-order valence-electron chi connectivity index (χ3n) is 3.77. The summed E-state index contributed by atoms with van der Waals surface area (Å²) < 4.78 is 0.956. The van der Waals surface area contributed by atoms with Crippen molar-refractivity contribution in [3.63, 3.8) is 0 Å². The molecular weight excluding hydrogens is 399 g/mol. The van der Waals surface area contributed by atoms with Gasteiger partial charge in [-0.25, -0.2) is 0 Å². The number of rotatable bonds is 2. The van der Waals surface area contributed by atoms with Crippen molar-refractivity contribution in [2.45, 2.75) is 18.9 Å². The highest BCUT2D eigenvalue weighted by Gasteiger charge is 2.30. The molecule has 1 aromatic heterocycles. The van der Waals surface area contributed by atoms with Crippen molar-refractivity contribution in [3.05, 3.63) is 62.4 Å². The number of nitrogens with zero attached hydrogens (tertiary/aromatic N) is 2. The molecule has 1 unspecified atom stereocenters. The molecule has 0 radical (unpaired) electrons. The van der Waals surface area contributed by atoms with E-state index in [9.17, 15) is 4.79 Å². The third-order valence-corrected chi connectivity index (χ3v) is 5.34. The summed E-state index contributed by atoms with van der Waals surface area (Å²) in [4.78, 5) is 18.7. The molecule has 5 heteroatoms. The van der Waals surface area contributed by atoms with Gasteiger partial charge in [0.2, 0.25) is 0 Å². The zero-order valence-electron chi connectivity index (χ0n) is 11.3. The quantitative estimate of drug-likeness (QED) is 0.689. The Bertz CT molecular complexity index is 663.